The standard InChI is InChI=1S/C13H11ClF2N2O2/c14-11-9-4-2-1-3-8(9)5-10(18-11)12(20)17-6-13(15,16)7-19/h1-5,19H,6-7H2,(H,17,20). The second kappa shape index (κ2) is 5.68. The summed E-state index contributed by atoms with van der Waals surface area (Å²) in [7, 11) is 0. The average Bonchev–Trinajstić information content (AvgIpc) is 2.45. The maximum absolute atomic E-state index is 12.8. The summed E-state index contributed by atoms with van der Waals surface area (Å²) in [5, 5.41) is 11.9. The number of nitrogens with zero attached hydrogens (tertiary/aromatic N) is 1. The van der Waals surface area contributed by atoms with Crippen molar-refractivity contribution in [3.8, 4) is 0 Å². The van der Waals surface area contributed by atoms with Crippen LogP contribution in [-0.2, 0) is 0 Å². The number of hydrogen-bond donors (Lipinski definition) is 2. The normalized spacial score (nSPS) is 11.6. The molecule has 0 atom stereocenters. The molecular weight excluding hydrogens is 290 g/mol. The Labute approximate surface area is 118 Å². The van der Waals surface area contributed by atoms with E-state index in [1.807, 2.05) is 5.32 Å². The van der Waals surface area contributed by atoms with E-state index in [1.54, 1.807) is 24.3 Å². The lowest BCUT2D eigenvalue weighted by atomic mass is 10.1. The van der Waals surface area contributed by atoms with E-state index in [1.165, 1.54) is 6.07 Å². The second-order valence-electron chi connectivity index (χ2n) is 4.22. The summed E-state index contributed by atoms with van der Waals surface area (Å²) in [5.41, 5.74) is -0.0533. The highest BCUT2D eigenvalue weighted by Crippen LogP contribution is 2.22. The monoisotopic (exact) mass is 300 g/mol. The number of aliphatic hydroxyl groups excluding tert-OH is 1. The first-order valence-corrected chi connectivity index (χ1v) is 6.13. The Balaban J connectivity index is 2.23. The third-order valence-electron chi connectivity index (χ3n) is 2.67. The molecule has 4 nitrogen and oxygen atoms in total. The third kappa shape index (κ3) is 3.20. The first kappa shape index (κ1) is 14.6. The predicted molar refractivity (Wildman–Crippen MR) is 71.1 cm³/mol. The Kier molecular flexibility index (Phi) is 4.15. The topological polar surface area (TPSA) is 62.2 Å². The number of benzene rings is 1. The van der Waals surface area contributed by atoms with Gasteiger partial charge in [-0.1, -0.05) is 35.9 Å². The number of pyridine rings is 1. The molecule has 0 radical (unpaired) electrons. The summed E-state index contributed by atoms with van der Waals surface area (Å²) in [6.07, 6.45) is 0. The summed E-state index contributed by atoms with van der Waals surface area (Å²) in [4.78, 5) is 15.6. The van der Waals surface area contributed by atoms with Crippen molar-refractivity contribution < 1.29 is 18.7 Å². The Hall–Kier alpha value is -1.79. The molecule has 0 unspecified atom stereocenters. The molecule has 1 aromatic carbocycles. The van der Waals surface area contributed by atoms with Crippen molar-refractivity contribution >= 4 is 28.3 Å². The van der Waals surface area contributed by atoms with E-state index >= 15 is 0 Å². The molecule has 0 spiro atoms. The van der Waals surface area contributed by atoms with E-state index in [-0.39, 0.29) is 10.8 Å². The van der Waals surface area contributed by atoms with Crippen molar-refractivity contribution in [2.75, 3.05) is 13.2 Å². The summed E-state index contributed by atoms with van der Waals surface area (Å²) in [6, 6.07) is 8.49. The van der Waals surface area contributed by atoms with Crippen LogP contribution < -0.4 is 5.32 Å². The van der Waals surface area contributed by atoms with Gasteiger partial charge < -0.3 is 10.4 Å². The van der Waals surface area contributed by atoms with E-state index in [9.17, 15) is 13.6 Å². The highest BCUT2D eigenvalue weighted by molar-refractivity contribution is 6.34. The number of rotatable bonds is 4. The van der Waals surface area contributed by atoms with Gasteiger partial charge in [0.25, 0.3) is 11.8 Å². The fraction of sp³-hybridized carbons (Fsp3) is 0.231. The predicted octanol–water partition coefficient (Wildman–Crippen LogP) is 2.25. The number of fused-ring (bicyclic) bond motifs is 1. The van der Waals surface area contributed by atoms with E-state index in [0.29, 0.717) is 10.8 Å². The van der Waals surface area contributed by atoms with Gasteiger partial charge >= 0.3 is 0 Å². The van der Waals surface area contributed by atoms with Gasteiger partial charge in [-0.2, -0.15) is 0 Å². The maximum Gasteiger partial charge on any atom is 0.287 e. The largest absolute Gasteiger partial charge is 0.390 e. The molecule has 0 aliphatic heterocycles. The number of halogens is 3. The molecular formula is C13H11ClF2N2O2. The van der Waals surface area contributed by atoms with Crippen LogP contribution in [0, 0.1) is 0 Å². The van der Waals surface area contributed by atoms with Gasteiger partial charge in [-0.05, 0) is 11.5 Å². The third-order valence-corrected chi connectivity index (χ3v) is 2.95. The molecule has 2 N–H and O–H groups in total. The van der Waals surface area contributed by atoms with Crippen LogP contribution in [0.1, 0.15) is 10.5 Å². The van der Waals surface area contributed by atoms with Gasteiger partial charge in [0.1, 0.15) is 17.5 Å². The molecule has 1 aromatic heterocycles. The zero-order chi connectivity index (χ0) is 14.8. The molecule has 0 bridgehead atoms. The lowest BCUT2D eigenvalue weighted by Crippen LogP contribution is -2.39. The number of amides is 1. The van der Waals surface area contributed by atoms with Gasteiger partial charge in [0.2, 0.25) is 0 Å². The van der Waals surface area contributed by atoms with Gasteiger partial charge in [0, 0.05) is 5.39 Å². The molecule has 0 fully saturated rings. The first-order chi connectivity index (χ1) is 9.43. The minimum atomic E-state index is -3.36. The molecule has 0 aliphatic carbocycles. The summed E-state index contributed by atoms with van der Waals surface area (Å²) < 4.78 is 25.7. The summed E-state index contributed by atoms with van der Waals surface area (Å²) in [5.74, 6) is -4.14. The molecule has 106 valence electrons. The number of aromatic nitrogens is 1. The van der Waals surface area contributed by atoms with Crippen molar-refractivity contribution in [2.45, 2.75) is 5.92 Å². The van der Waals surface area contributed by atoms with Gasteiger partial charge in [-0.15, -0.1) is 0 Å². The van der Waals surface area contributed by atoms with E-state index in [2.05, 4.69) is 4.98 Å². The summed E-state index contributed by atoms with van der Waals surface area (Å²) in [6.45, 7) is -2.30. The van der Waals surface area contributed by atoms with Crippen LogP contribution in [0.15, 0.2) is 30.3 Å². The highest BCUT2D eigenvalue weighted by atomic mass is 35.5. The SMILES string of the molecule is O=C(NCC(F)(F)CO)c1cc2ccccc2c(Cl)n1. The highest BCUT2D eigenvalue weighted by Gasteiger charge is 2.28. The van der Waals surface area contributed by atoms with Crippen LogP contribution in [0.3, 0.4) is 0 Å². The number of aliphatic hydroxyl groups is 1. The Bertz CT molecular complexity index is 649. The Morgan fingerprint density at radius 1 is 1.40 bits per heavy atom. The van der Waals surface area contributed by atoms with Crippen LogP contribution in [0.25, 0.3) is 10.8 Å². The lowest BCUT2D eigenvalue weighted by molar-refractivity contribution is -0.0462. The van der Waals surface area contributed by atoms with Crippen LogP contribution in [0.4, 0.5) is 8.78 Å². The maximum atomic E-state index is 12.8. The fourth-order valence-corrected chi connectivity index (χ4v) is 1.89. The Morgan fingerprint density at radius 2 is 2.10 bits per heavy atom. The smallest absolute Gasteiger partial charge is 0.287 e. The number of alkyl halides is 2. The van der Waals surface area contributed by atoms with Crippen LogP contribution in [0.5, 0.6) is 0 Å². The minimum absolute atomic E-state index is 0.0533. The van der Waals surface area contributed by atoms with E-state index in [4.69, 9.17) is 16.7 Å². The molecule has 2 aromatic rings. The molecule has 7 heteroatoms. The van der Waals surface area contributed by atoms with Crippen LogP contribution in [0.2, 0.25) is 5.15 Å². The van der Waals surface area contributed by atoms with Crippen LogP contribution >= 0.6 is 11.6 Å². The molecule has 20 heavy (non-hydrogen) atoms. The quantitative estimate of drug-likeness (QED) is 0.851. The number of carbonyl (C=O) groups is 1. The molecule has 1 amide bonds. The molecule has 1 heterocycles. The minimum Gasteiger partial charge on any atom is -0.390 e. The van der Waals surface area contributed by atoms with E-state index in [0.717, 1.165) is 0 Å². The number of nitrogens with one attached hydrogen (secondary N) is 1. The van der Waals surface area contributed by atoms with Gasteiger partial charge in [0.05, 0.1) is 6.54 Å². The van der Waals surface area contributed by atoms with Crippen molar-refractivity contribution in [3.63, 3.8) is 0 Å². The zero-order valence-electron chi connectivity index (χ0n) is 10.2. The molecule has 2 rings (SSSR count). The number of carbonyl (C=O) groups excluding carboxylic acids is 1. The summed E-state index contributed by atoms with van der Waals surface area (Å²) >= 11 is 5.94. The first-order valence-electron chi connectivity index (χ1n) is 5.75. The zero-order valence-corrected chi connectivity index (χ0v) is 11.0. The second-order valence-corrected chi connectivity index (χ2v) is 4.57. The number of hydrogen-bond acceptors (Lipinski definition) is 3. The Morgan fingerprint density at radius 3 is 2.80 bits per heavy atom. The van der Waals surface area contributed by atoms with Crippen molar-refractivity contribution in [2.24, 2.45) is 0 Å². The fourth-order valence-electron chi connectivity index (χ4n) is 1.63. The van der Waals surface area contributed by atoms with Gasteiger partial charge in [-0.3, -0.25) is 4.79 Å². The molecule has 0 aliphatic rings. The van der Waals surface area contributed by atoms with Gasteiger partial charge in [-0.25, -0.2) is 13.8 Å². The molecule has 0 saturated heterocycles. The van der Waals surface area contributed by atoms with E-state index < -0.39 is 25.0 Å². The van der Waals surface area contributed by atoms with Crippen molar-refractivity contribution in [1.82, 2.24) is 10.3 Å². The van der Waals surface area contributed by atoms with Crippen molar-refractivity contribution in [3.05, 3.63) is 41.2 Å². The lowest BCUT2D eigenvalue weighted by Gasteiger charge is -2.13. The molecule has 0 saturated carbocycles. The van der Waals surface area contributed by atoms with Gasteiger partial charge in [0.15, 0.2) is 0 Å². The van der Waals surface area contributed by atoms with Crippen LogP contribution in [-0.4, -0.2) is 35.1 Å². The average molecular weight is 301 g/mol. The van der Waals surface area contributed by atoms with Crippen molar-refractivity contribution in [1.29, 1.82) is 0 Å².